The van der Waals surface area contributed by atoms with E-state index in [1.807, 2.05) is 157 Å². The molecule has 0 aromatic heterocycles. The topological polar surface area (TPSA) is 154 Å². The fraction of sp³-hybridized carbons (Fsp3) is 0.863. The second kappa shape index (κ2) is 117. The van der Waals surface area contributed by atoms with E-state index in [-0.39, 0.29) is 49.0 Å². The highest BCUT2D eigenvalue weighted by molar-refractivity contribution is 8.77. The van der Waals surface area contributed by atoms with Crippen molar-refractivity contribution in [2.24, 2.45) is 99.6 Å². The smallest absolute Gasteiger partial charge is 0.308 e. The van der Waals surface area contributed by atoms with Crippen LogP contribution in [0, 0.1) is 88.8 Å². The van der Waals surface area contributed by atoms with Crippen LogP contribution in [0.1, 0.15) is 345 Å². The van der Waals surface area contributed by atoms with E-state index in [0.29, 0.717) is 30.6 Å². The molecule has 0 aliphatic carbocycles. The van der Waals surface area contributed by atoms with Gasteiger partial charge in [-0.15, -0.1) is 18.3 Å². The summed E-state index contributed by atoms with van der Waals surface area (Å²) in [6, 6.07) is 10.9. The number of carbonyl (C=O) groups is 3. The number of benzene rings is 1. The van der Waals surface area contributed by atoms with Crippen LogP contribution in [-0.4, -0.2) is 118 Å². The summed E-state index contributed by atoms with van der Waals surface area (Å²) in [7, 11) is 15.6. The van der Waals surface area contributed by atoms with Crippen LogP contribution in [-0.2, 0) is 28.6 Å². The van der Waals surface area contributed by atoms with Gasteiger partial charge in [-0.25, -0.2) is 13.2 Å². The Labute approximate surface area is 778 Å². The fourth-order valence-corrected chi connectivity index (χ4v) is 14.6. The molecule has 118 heavy (non-hydrogen) atoms. The quantitative estimate of drug-likeness (QED) is 0.00664. The molecule has 23 heteroatoms. The molecule has 0 saturated heterocycles. The number of hydrogen-bond donors (Lipinski definition) is 1. The number of halogens is 3. The van der Waals surface area contributed by atoms with Crippen molar-refractivity contribution in [3.8, 4) is 0 Å². The van der Waals surface area contributed by atoms with Crippen molar-refractivity contribution in [3.05, 3.63) is 66.1 Å². The molecule has 1 aromatic carbocycles. The van der Waals surface area contributed by atoms with Gasteiger partial charge >= 0.3 is 17.9 Å². The molecular formula is C95H203F3N4O6S10. The molecule has 0 heterocycles. The van der Waals surface area contributed by atoms with Crippen molar-refractivity contribution in [2.75, 3.05) is 66.3 Å². The highest BCUT2D eigenvalue weighted by Crippen LogP contribution is 2.36. The molecule has 0 aliphatic heterocycles. The number of ether oxygens (including phenoxy) is 3. The van der Waals surface area contributed by atoms with Crippen LogP contribution >= 0.6 is 110 Å². The Morgan fingerprint density at radius 1 is 0.500 bits per heavy atom. The monoisotopic (exact) mass is 1870 g/mol. The third-order valence-electron chi connectivity index (χ3n) is 11.5. The molecule has 10 nitrogen and oxygen atoms in total. The summed E-state index contributed by atoms with van der Waals surface area (Å²) in [4.78, 5) is 35.4. The summed E-state index contributed by atoms with van der Waals surface area (Å²) in [6.45, 7) is 103. The van der Waals surface area contributed by atoms with E-state index in [2.05, 4.69) is 284 Å². The predicted molar refractivity (Wildman–Crippen MR) is 565 cm³/mol. The third kappa shape index (κ3) is 217. The molecule has 2 N–H and O–H groups in total. The molecular weight excluding hydrogens is 1670 g/mol. The van der Waals surface area contributed by atoms with E-state index in [4.69, 9.17) is 16.0 Å². The first-order valence-electron chi connectivity index (χ1n) is 43.3. The predicted octanol–water partition coefficient (Wildman–Crippen LogP) is 36.5. The Kier molecular flexibility index (Phi) is 153. The van der Waals surface area contributed by atoms with E-state index >= 15 is 0 Å². The van der Waals surface area contributed by atoms with Crippen molar-refractivity contribution in [1.29, 1.82) is 0 Å². The highest BCUT2D eigenvalue weighted by atomic mass is 33.1. The minimum Gasteiger partial charge on any atom is -0.466 e. The molecule has 0 aliphatic rings. The Balaban J connectivity index is -0.0000000676. The van der Waals surface area contributed by atoms with Crippen LogP contribution in [0.3, 0.4) is 0 Å². The van der Waals surface area contributed by atoms with E-state index < -0.39 is 18.1 Å². The Morgan fingerprint density at radius 3 is 1.02 bits per heavy atom. The number of allylic oxidation sites excluding steroid dienone is 1. The Morgan fingerprint density at radius 2 is 0.831 bits per heavy atom. The molecule has 0 amide bonds. The molecule has 0 bridgehead atoms. The molecule has 1 aromatic rings. The minimum absolute atomic E-state index is 0. The maximum Gasteiger partial charge on any atom is 0.308 e. The molecule has 0 radical (unpaired) electrons. The SMILES string of the molecule is C.C=CCC(C)C.C=CCOC(=O)C(C)C.CC(C)C.CC(C)C(C)(F)F.CC(C)C(F)N=[N+]=[N-].CC(C)CSSC(C)(C)C.CC(C)CSSC(C)C.CC(C)CSc1ccccc1.CC(C)N.CCC(C)C.CCC(C)C.CCOC(=O)C(C)C.CCOC(=O)C(C)C.CCSC(C)C(C)C.CCSSCC(C)C.CSSCC(C)C. The lowest BCUT2D eigenvalue weighted by Crippen LogP contribution is -2.17. The maximum absolute atomic E-state index is 12.1. The van der Waals surface area contributed by atoms with Gasteiger partial charge in [0.15, 0.2) is 6.30 Å². The maximum atomic E-state index is 12.1. The zero-order valence-corrected chi connectivity index (χ0v) is 93.4. The second-order valence-electron chi connectivity index (χ2n) is 34.4. The van der Waals surface area contributed by atoms with Crippen LogP contribution in [0.5, 0.6) is 0 Å². The summed E-state index contributed by atoms with van der Waals surface area (Å²) >= 11 is 3.97. The van der Waals surface area contributed by atoms with E-state index in [1.165, 1.54) is 71.9 Å². The normalized spacial score (nSPS) is 10.7. The number of nitrogens with two attached hydrogens (primary N) is 1. The molecule has 2 atom stereocenters. The molecule has 1 rings (SSSR count). The number of azide groups is 1. The number of thioether (sulfide) groups is 2. The number of rotatable bonds is 34. The first-order valence-corrected chi connectivity index (χ1v) is 55.3. The van der Waals surface area contributed by atoms with Crippen LogP contribution in [0.15, 0.2) is 65.7 Å². The minimum atomic E-state index is -2.50. The number of nitrogens with zero attached hydrogens (tertiary/aromatic N) is 3. The summed E-state index contributed by atoms with van der Waals surface area (Å²) < 4.78 is 50.2. The molecule has 0 spiro atoms. The van der Waals surface area contributed by atoms with Gasteiger partial charge < -0.3 is 19.9 Å². The summed E-state index contributed by atoms with van der Waals surface area (Å²) in [6.07, 6.45) is 8.00. The van der Waals surface area contributed by atoms with Crippen LogP contribution < -0.4 is 5.73 Å². The fourth-order valence-electron chi connectivity index (χ4n) is 3.81. The van der Waals surface area contributed by atoms with Gasteiger partial charge in [0.2, 0.25) is 5.92 Å². The molecule has 0 saturated carbocycles. The number of alkyl halides is 3. The highest BCUT2D eigenvalue weighted by Gasteiger charge is 2.25. The number of hydrogen-bond acceptors (Lipinski definition) is 18. The summed E-state index contributed by atoms with van der Waals surface area (Å²) in [5.41, 5.74) is 12.8. The van der Waals surface area contributed by atoms with Gasteiger partial charge in [-0.05, 0) is 128 Å². The Hall–Kier alpha value is -0.330. The zero-order valence-electron chi connectivity index (χ0n) is 85.2. The van der Waals surface area contributed by atoms with E-state index in [9.17, 15) is 27.6 Å². The van der Waals surface area contributed by atoms with Gasteiger partial charge in [0.25, 0.3) is 0 Å². The lowest BCUT2D eigenvalue weighted by Gasteiger charge is -2.16. The number of esters is 3. The number of carbonyl (C=O) groups excluding carboxylic acids is 3. The van der Waals surface area contributed by atoms with Crippen molar-refractivity contribution in [3.63, 3.8) is 0 Å². The van der Waals surface area contributed by atoms with Crippen molar-refractivity contribution in [2.45, 2.75) is 384 Å². The summed E-state index contributed by atoms with van der Waals surface area (Å²) in [5, 5.41) is 4.44. The largest absolute Gasteiger partial charge is 0.466 e. The lowest BCUT2D eigenvalue weighted by atomic mass is 10.1. The first-order chi connectivity index (χ1) is 53.5. The van der Waals surface area contributed by atoms with E-state index in [0.717, 1.165) is 83.0 Å². The van der Waals surface area contributed by atoms with Gasteiger partial charge in [-0.2, -0.15) is 11.8 Å². The van der Waals surface area contributed by atoms with Crippen molar-refractivity contribution < 1.29 is 41.8 Å². The summed E-state index contributed by atoms with van der Waals surface area (Å²) in [5.74, 6) is 13.5. The van der Waals surface area contributed by atoms with Crippen molar-refractivity contribution >= 4 is 128 Å². The zero-order chi connectivity index (χ0) is 96.0. The Bertz CT molecular complexity index is 2060. The van der Waals surface area contributed by atoms with Gasteiger partial charge in [0.05, 0.1) is 31.0 Å². The van der Waals surface area contributed by atoms with Gasteiger partial charge in [-0.1, -0.05) is 446 Å². The average molecular weight is 1880 g/mol. The van der Waals surface area contributed by atoms with Crippen LogP contribution in [0.4, 0.5) is 13.2 Å². The molecule has 720 valence electrons. The first kappa shape index (κ1) is 155. The van der Waals surface area contributed by atoms with Crippen LogP contribution in [0.25, 0.3) is 10.4 Å². The third-order valence-corrected chi connectivity index (χ3v) is 26.3. The van der Waals surface area contributed by atoms with Gasteiger partial charge in [0.1, 0.15) is 6.61 Å². The van der Waals surface area contributed by atoms with Crippen LogP contribution in [0.2, 0.25) is 0 Å². The van der Waals surface area contributed by atoms with Gasteiger partial charge in [0, 0.05) is 65.5 Å². The van der Waals surface area contributed by atoms with E-state index in [1.54, 1.807) is 47.6 Å². The molecule has 2 unspecified atom stereocenters. The lowest BCUT2D eigenvalue weighted by molar-refractivity contribution is -0.147. The van der Waals surface area contributed by atoms with Crippen molar-refractivity contribution in [1.82, 2.24) is 0 Å². The average Bonchev–Trinajstić information content (AvgIpc) is 0.962. The molecule has 0 fully saturated rings. The standard InChI is InChI=1S/C10H14S.C8H18S2.C7H12O2.C7H16S2.C7H16S.2C6H12O2.C6H14S2.C6H12.C5H10F2.C5H12S2.2C5H12.C4H8FN3.C4H10.C3H9N.CH4/c1-9(2)8-11-10-6-4-3-5-7-10;1-7(2)6-9-10-8(3,4)5;1-4-5-9-7(8)6(2)3;1-6(2)5-8-9-7(3)4;1-5-8-7(4)6(2)3;2*1-4-8-6(7)5(2)3;1-4-7-8-5-6(2)3;1-4-5-6(2)3;1-4(2)5(3,6)7;1-5(2)4-7-6-3;2*1-4-5(2)3;1-3(2)4(5)7-8-6;1-4(2)3;1-3(2)4;/h3-7,9H,8H2,1-2H3;7H,6H2,1-5H3;4,6H,1,5H2,2-3H3;6-7H,5H2,1-4H3;6-7H,5H2,1-4H3;2*5H,4H2,1-3H3;6H,4-5H2,1-3H3;4,6H,1,5H2,2-3H3;4H,1-3H3;5H,4H2,1-3H3;2*5H,4H2,1-3H3;3-4H,1-2H3;4H,1-3H3;3H,4H2,1-2H3;1H4. The second-order valence-corrected chi connectivity index (χ2v) is 48.7. The van der Waals surface area contributed by atoms with Gasteiger partial charge in [-0.3, -0.25) is 14.4 Å².